The second-order valence-electron chi connectivity index (χ2n) is 7.32. The quantitative estimate of drug-likeness (QED) is 0.611. The van der Waals surface area contributed by atoms with Crippen molar-refractivity contribution in [2.45, 2.75) is 25.6 Å². The Bertz CT molecular complexity index is 744. The Morgan fingerprint density at radius 3 is 2.80 bits per heavy atom. The number of halogens is 1. The van der Waals surface area contributed by atoms with E-state index >= 15 is 0 Å². The van der Waals surface area contributed by atoms with Crippen LogP contribution in [0.5, 0.6) is 0 Å². The molecule has 0 aromatic heterocycles. The monoisotopic (exact) mass is 361 g/mol. The Balaban J connectivity index is 1.61. The summed E-state index contributed by atoms with van der Waals surface area (Å²) in [6.45, 7) is 4.71. The molecule has 0 radical (unpaired) electrons. The normalized spacial score (nSPS) is 32.6. The predicted octanol–water partition coefficient (Wildman–Crippen LogP) is 2.83. The molecule has 132 valence electrons. The smallest absolute Gasteiger partial charge is 0.312 e. The van der Waals surface area contributed by atoms with Crippen LogP contribution in [0.2, 0.25) is 5.02 Å². The van der Waals surface area contributed by atoms with E-state index in [1.54, 1.807) is 29.2 Å². The molecule has 0 saturated carbocycles. The average molecular weight is 362 g/mol. The fraction of sp³-hybridized carbons (Fsp3) is 0.474. The molecule has 3 aliphatic rings. The molecular weight excluding hydrogens is 342 g/mol. The molecule has 1 spiro atoms. The van der Waals surface area contributed by atoms with Gasteiger partial charge >= 0.3 is 5.97 Å². The maximum absolute atomic E-state index is 13.1. The number of amides is 1. The molecule has 5 nitrogen and oxygen atoms in total. The lowest BCUT2D eigenvalue weighted by atomic mass is 9.77. The number of benzene rings is 1. The molecule has 0 aliphatic carbocycles. The van der Waals surface area contributed by atoms with Gasteiger partial charge in [0.2, 0.25) is 5.91 Å². The van der Waals surface area contributed by atoms with Crippen molar-refractivity contribution in [3.05, 3.63) is 41.4 Å². The van der Waals surface area contributed by atoms with Crippen molar-refractivity contribution >= 4 is 29.2 Å². The lowest BCUT2D eigenvalue weighted by Gasteiger charge is -2.23. The van der Waals surface area contributed by atoms with E-state index in [0.717, 1.165) is 5.69 Å². The summed E-state index contributed by atoms with van der Waals surface area (Å²) in [5.74, 6) is -1.30. The van der Waals surface area contributed by atoms with Gasteiger partial charge in [-0.1, -0.05) is 37.6 Å². The van der Waals surface area contributed by atoms with E-state index in [4.69, 9.17) is 21.1 Å². The zero-order valence-electron chi connectivity index (χ0n) is 14.1. The van der Waals surface area contributed by atoms with Crippen LogP contribution in [0.1, 0.15) is 13.8 Å². The van der Waals surface area contributed by atoms with Crippen LogP contribution in [0.15, 0.2) is 36.4 Å². The van der Waals surface area contributed by atoms with E-state index in [9.17, 15) is 9.59 Å². The molecule has 1 amide bonds. The molecule has 0 N–H and O–H groups in total. The van der Waals surface area contributed by atoms with Gasteiger partial charge < -0.3 is 14.4 Å². The first-order chi connectivity index (χ1) is 11.9. The van der Waals surface area contributed by atoms with E-state index < -0.39 is 17.4 Å². The van der Waals surface area contributed by atoms with Gasteiger partial charge in [0, 0.05) is 10.7 Å². The van der Waals surface area contributed by atoms with Crippen molar-refractivity contribution in [1.29, 1.82) is 0 Å². The Morgan fingerprint density at radius 1 is 1.40 bits per heavy atom. The largest absolute Gasteiger partial charge is 0.465 e. The summed E-state index contributed by atoms with van der Waals surface area (Å²) in [6, 6.07) is 7.11. The van der Waals surface area contributed by atoms with Crippen molar-refractivity contribution in [3.63, 3.8) is 0 Å². The second-order valence-corrected chi connectivity index (χ2v) is 7.76. The van der Waals surface area contributed by atoms with Crippen molar-refractivity contribution in [3.8, 4) is 0 Å². The van der Waals surface area contributed by atoms with Gasteiger partial charge in [-0.2, -0.15) is 0 Å². The van der Waals surface area contributed by atoms with Crippen LogP contribution < -0.4 is 4.90 Å². The number of carbonyl (C=O) groups is 2. The molecule has 25 heavy (non-hydrogen) atoms. The molecule has 2 saturated heterocycles. The molecule has 6 heteroatoms. The number of nitrogens with zero attached hydrogens (tertiary/aromatic N) is 1. The molecule has 3 heterocycles. The van der Waals surface area contributed by atoms with E-state index in [1.165, 1.54) is 0 Å². The molecule has 1 aromatic rings. The number of ether oxygens (including phenoxy) is 2. The Kier molecular flexibility index (Phi) is 3.89. The van der Waals surface area contributed by atoms with Gasteiger partial charge in [0.05, 0.1) is 25.2 Å². The Hall–Kier alpha value is -1.85. The average Bonchev–Trinajstić information content (AvgIpc) is 3.22. The van der Waals surface area contributed by atoms with Gasteiger partial charge in [-0.15, -0.1) is 0 Å². The first-order valence-electron chi connectivity index (χ1n) is 8.52. The number of hydrogen-bond acceptors (Lipinski definition) is 4. The summed E-state index contributed by atoms with van der Waals surface area (Å²) in [4.78, 5) is 27.3. The van der Waals surface area contributed by atoms with Crippen LogP contribution in [-0.2, 0) is 19.1 Å². The van der Waals surface area contributed by atoms with E-state index in [-0.39, 0.29) is 23.9 Å². The summed E-state index contributed by atoms with van der Waals surface area (Å²) in [6.07, 6.45) is 3.44. The number of rotatable bonds is 4. The Labute approximate surface area is 151 Å². The third kappa shape index (κ3) is 2.57. The third-order valence-corrected chi connectivity index (χ3v) is 5.32. The third-order valence-electron chi connectivity index (χ3n) is 5.07. The number of hydrogen-bond donors (Lipinski definition) is 0. The SMILES string of the molecule is CC(C)COC(=O)[C@@H]1[C@@H]2C=C[C@]3(CN(c4ccc(Cl)cc4)C(=O)[C@H]13)O2. The second kappa shape index (κ2) is 5.85. The number of anilines is 1. The van der Waals surface area contributed by atoms with Gasteiger partial charge in [-0.3, -0.25) is 9.59 Å². The zero-order valence-corrected chi connectivity index (χ0v) is 14.9. The van der Waals surface area contributed by atoms with Gasteiger partial charge in [0.25, 0.3) is 0 Å². The molecule has 1 aromatic carbocycles. The lowest BCUT2D eigenvalue weighted by Crippen LogP contribution is -2.40. The van der Waals surface area contributed by atoms with Crippen molar-refractivity contribution in [2.24, 2.45) is 17.8 Å². The van der Waals surface area contributed by atoms with E-state index in [1.807, 2.05) is 26.0 Å². The topological polar surface area (TPSA) is 55.8 Å². The van der Waals surface area contributed by atoms with Crippen LogP contribution in [0, 0.1) is 17.8 Å². The molecule has 3 aliphatic heterocycles. The first-order valence-corrected chi connectivity index (χ1v) is 8.90. The first kappa shape index (κ1) is 16.6. The molecule has 4 rings (SSSR count). The number of fused-ring (bicyclic) bond motifs is 1. The van der Waals surface area contributed by atoms with Crippen LogP contribution in [-0.4, -0.2) is 36.7 Å². The van der Waals surface area contributed by atoms with Crippen LogP contribution in [0.25, 0.3) is 0 Å². The van der Waals surface area contributed by atoms with Crippen molar-refractivity contribution < 1.29 is 19.1 Å². The summed E-state index contributed by atoms with van der Waals surface area (Å²) < 4.78 is 11.5. The van der Waals surface area contributed by atoms with E-state index in [2.05, 4.69) is 0 Å². The van der Waals surface area contributed by atoms with Crippen molar-refractivity contribution in [2.75, 3.05) is 18.1 Å². The summed E-state index contributed by atoms with van der Waals surface area (Å²) in [5.41, 5.74) is 0.0241. The molecule has 2 fully saturated rings. The molecule has 4 atom stereocenters. The summed E-state index contributed by atoms with van der Waals surface area (Å²) in [7, 11) is 0. The van der Waals surface area contributed by atoms with Crippen LogP contribution in [0.4, 0.5) is 5.69 Å². The van der Waals surface area contributed by atoms with Gasteiger partial charge in [0.1, 0.15) is 11.5 Å². The lowest BCUT2D eigenvalue weighted by molar-refractivity contribution is -0.153. The molecular formula is C19H20ClNO4. The Morgan fingerprint density at radius 2 is 2.12 bits per heavy atom. The fourth-order valence-corrected chi connectivity index (χ4v) is 4.08. The zero-order chi connectivity index (χ0) is 17.8. The molecule has 0 unspecified atom stereocenters. The summed E-state index contributed by atoms with van der Waals surface area (Å²) >= 11 is 5.94. The van der Waals surface area contributed by atoms with Crippen molar-refractivity contribution in [1.82, 2.24) is 0 Å². The van der Waals surface area contributed by atoms with Crippen LogP contribution >= 0.6 is 11.6 Å². The maximum Gasteiger partial charge on any atom is 0.312 e. The number of esters is 1. The number of carbonyl (C=O) groups excluding carboxylic acids is 2. The minimum atomic E-state index is -0.733. The highest BCUT2D eigenvalue weighted by molar-refractivity contribution is 6.30. The highest BCUT2D eigenvalue weighted by Crippen LogP contribution is 2.52. The minimum Gasteiger partial charge on any atom is -0.465 e. The van der Waals surface area contributed by atoms with Gasteiger partial charge in [-0.25, -0.2) is 0 Å². The highest BCUT2D eigenvalue weighted by atomic mass is 35.5. The molecule has 2 bridgehead atoms. The van der Waals surface area contributed by atoms with Gasteiger partial charge in [-0.05, 0) is 30.2 Å². The maximum atomic E-state index is 13.1. The fourth-order valence-electron chi connectivity index (χ4n) is 3.95. The van der Waals surface area contributed by atoms with E-state index in [0.29, 0.717) is 18.2 Å². The summed E-state index contributed by atoms with van der Waals surface area (Å²) in [5, 5.41) is 0.612. The minimum absolute atomic E-state index is 0.0966. The van der Waals surface area contributed by atoms with Gasteiger partial charge in [0.15, 0.2) is 0 Å². The predicted molar refractivity (Wildman–Crippen MR) is 93.3 cm³/mol. The highest BCUT2D eigenvalue weighted by Gasteiger charge is 2.67. The standard InChI is InChI=1S/C19H20ClNO4/c1-11(2)9-24-18(23)15-14-7-8-19(25-14)10-21(17(22)16(15)19)13-5-3-12(20)4-6-13/h3-8,11,14-16H,9-10H2,1-2H3/t14-,15+,16-,19+/m0/s1. The van der Waals surface area contributed by atoms with Crippen LogP contribution in [0.3, 0.4) is 0 Å².